The van der Waals surface area contributed by atoms with Crippen molar-refractivity contribution >= 4 is 95.1 Å². The van der Waals surface area contributed by atoms with E-state index in [2.05, 4.69) is 166 Å². The Morgan fingerprint density at radius 2 is 1.12 bits per heavy atom. The number of aromatic nitrogens is 4. The first-order valence-corrected chi connectivity index (χ1v) is 23.7. The van der Waals surface area contributed by atoms with E-state index in [9.17, 15) is 0 Å². The van der Waals surface area contributed by atoms with Crippen molar-refractivity contribution in [1.29, 1.82) is 0 Å². The molecule has 0 bridgehead atoms. The van der Waals surface area contributed by atoms with Crippen molar-refractivity contribution in [2.45, 2.75) is 6.17 Å². The number of para-hydroxylation sites is 3. The van der Waals surface area contributed by atoms with E-state index in [0.717, 1.165) is 72.0 Å². The molecule has 0 radical (unpaired) electrons. The third-order valence-electron chi connectivity index (χ3n) is 13.4. The van der Waals surface area contributed by atoms with Gasteiger partial charge in [0.2, 0.25) is 0 Å². The van der Waals surface area contributed by atoms with E-state index in [0.29, 0.717) is 11.1 Å². The van der Waals surface area contributed by atoms with Gasteiger partial charge in [0.25, 0.3) is 0 Å². The van der Waals surface area contributed by atoms with Gasteiger partial charge in [-0.2, -0.15) is 0 Å². The van der Waals surface area contributed by atoms with Crippen LogP contribution >= 0.6 is 0 Å². The minimum Gasteiger partial charge on any atom is -0.310 e. The highest BCUT2D eigenvalue weighted by Gasteiger charge is 2.49. The lowest BCUT2D eigenvalue weighted by Crippen LogP contribution is -2.77. The first kappa shape index (κ1) is 36.5. The molecule has 0 aliphatic carbocycles. The monoisotopic (exact) mass is 839 g/mol. The molecule has 1 aliphatic heterocycles. The maximum atomic E-state index is 17.2. The maximum Gasteiger partial charge on any atom is 0.184 e. The number of fused-ring (bicyclic) bond motifs is 12. The molecule has 8 aromatic carbocycles. The second kappa shape index (κ2) is 14.2. The van der Waals surface area contributed by atoms with Gasteiger partial charge < -0.3 is 4.90 Å². The number of rotatable bonds is 6. The van der Waals surface area contributed by atoms with Crippen LogP contribution in [0.15, 0.2) is 225 Å². The molecule has 0 spiro atoms. The Morgan fingerprint density at radius 1 is 0.453 bits per heavy atom. The van der Waals surface area contributed by atoms with Crippen LogP contribution in [0.3, 0.4) is 0 Å². The molecule has 302 valence electrons. The Labute approximate surface area is 369 Å². The van der Waals surface area contributed by atoms with Gasteiger partial charge >= 0.3 is 0 Å². The van der Waals surface area contributed by atoms with E-state index < -0.39 is 14.2 Å². The summed E-state index contributed by atoms with van der Waals surface area (Å²) in [5.74, 6) is 0. The Morgan fingerprint density at radius 3 is 1.94 bits per heavy atom. The molecule has 5 nitrogen and oxygen atoms in total. The molecule has 12 aromatic rings. The van der Waals surface area contributed by atoms with E-state index >= 15 is 4.39 Å². The van der Waals surface area contributed by atoms with Crippen molar-refractivity contribution in [3.05, 3.63) is 236 Å². The molecule has 1 aliphatic rings. The van der Waals surface area contributed by atoms with Gasteiger partial charge in [0, 0.05) is 57.2 Å². The average molecular weight is 840 g/mol. The maximum absolute atomic E-state index is 17.2. The predicted molar refractivity (Wildman–Crippen MR) is 264 cm³/mol. The molecule has 13 rings (SSSR count). The standard InChI is InChI=1S/C57H38FN5Si/c58-54(39-29-30-44-45-24-10-11-26-48(45)61-35-34-60-56(61)47(44)37-39)38-16-14-19-41(36-38)63-50-31-32-52-55(53(50)46-25-15-33-59-57(46)63)62(40-17-4-1-5-18-40)49-27-12-13-28-51(49)64(52,42-20-6-2-7-21-42)43-22-8-3-9-23-43/h1-37,54H. The van der Waals surface area contributed by atoms with Crippen LogP contribution in [0.1, 0.15) is 17.3 Å². The fourth-order valence-electron chi connectivity index (χ4n) is 10.7. The van der Waals surface area contributed by atoms with Crippen molar-refractivity contribution in [3.63, 3.8) is 0 Å². The van der Waals surface area contributed by atoms with Gasteiger partial charge in [-0.05, 0) is 97.9 Å². The molecule has 0 saturated carbocycles. The summed E-state index contributed by atoms with van der Waals surface area (Å²) in [6.45, 7) is 0. The lowest BCUT2D eigenvalue weighted by molar-refractivity contribution is 0.402. The van der Waals surface area contributed by atoms with Crippen LogP contribution in [-0.2, 0) is 0 Å². The Balaban J connectivity index is 1.06. The molecule has 0 fully saturated rings. The minimum absolute atomic E-state index is 0.570. The molecule has 7 heteroatoms. The van der Waals surface area contributed by atoms with Crippen molar-refractivity contribution in [2.24, 2.45) is 0 Å². The number of benzene rings is 8. The summed E-state index contributed by atoms with van der Waals surface area (Å²) < 4.78 is 21.6. The number of imidazole rings is 1. The van der Waals surface area contributed by atoms with Crippen LogP contribution in [0.25, 0.3) is 54.9 Å². The van der Waals surface area contributed by atoms with Gasteiger partial charge in [0.1, 0.15) is 11.3 Å². The van der Waals surface area contributed by atoms with E-state index in [1.807, 2.05) is 73.2 Å². The molecule has 64 heavy (non-hydrogen) atoms. The number of pyridine rings is 2. The summed E-state index contributed by atoms with van der Waals surface area (Å²) in [4.78, 5) is 12.3. The van der Waals surface area contributed by atoms with E-state index in [4.69, 9.17) is 9.97 Å². The molecular formula is C57H38FN5Si. The fourth-order valence-corrected chi connectivity index (χ4v) is 15.8. The zero-order chi connectivity index (χ0) is 42.4. The third kappa shape index (κ3) is 5.16. The van der Waals surface area contributed by atoms with Crippen LogP contribution in [0, 0.1) is 0 Å². The first-order chi connectivity index (χ1) is 31.7. The summed E-state index contributed by atoms with van der Waals surface area (Å²) in [6.07, 6.45) is 4.26. The Hall–Kier alpha value is -8.13. The third-order valence-corrected chi connectivity index (χ3v) is 18.2. The normalized spacial score (nSPS) is 13.7. The topological polar surface area (TPSA) is 38.4 Å². The van der Waals surface area contributed by atoms with Crippen molar-refractivity contribution in [2.75, 3.05) is 4.90 Å². The van der Waals surface area contributed by atoms with Crippen LogP contribution < -0.4 is 25.6 Å². The number of halogens is 1. The summed E-state index contributed by atoms with van der Waals surface area (Å²) in [5.41, 5.74) is 9.09. The van der Waals surface area contributed by atoms with E-state index in [1.165, 1.54) is 20.7 Å². The number of alkyl halides is 1. The highest BCUT2D eigenvalue weighted by atomic mass is 28.3. The second-order valence-corrected chi connectivity index (χ2v) is 20.4. The lowest BCUT2D eigenvalue weighted by atomic mass is 9.98. The van der Waals surface area contributed by atoms with Crippen molar-refractivity contribution in [1.82, 2.24) is 18.9 Å². The zero-order valence-corrected chi connectivity index (χ0v) is 35.6. The van der Waals surface area contributed by atoms with Gasteiger partial charge in [0.15, 0.2) is 14.2 Å². The van der Waals surface area contributed by atoms with Gasteiger partial charge in [-0.3, -0.25) is 8.97 Å². The van der Waals surface area contributed by atoms with Gasteiger partial charge in [-0.15, -0.1) is 0 Å². The predicted octanol–water partition coefficient (Wildman–Crippen LogP) is 11.4. The van der Waals surface area contributed by atoms with Crippen LogP contribution in [-0.4, -0.2) is 27.0 Å². The molecule has 0 saturated heterocycles. The number of anilines is 3. The molecule has 1 unspecified atom stereocenters. The lowest BCUT2D eigenvalue weighted by Gasteiger charge is -2.45. The molecular weight excluding hydrogens is 802 g/mol. The summed E-state index contributed by atoms with van der Waals surface area (Å²) >= 11 is 0. The smallest absolute Gasteiger partial charge is 0.184 e. The molecule has 0 N–H and O–H groups in total. The molecule has 0 amide bonds. The average Bonchev–Trinajstić information content (AvgIpc) is 4.01. The number of hydrogen-bond acceptors (Lipinski definition) is 3. The largest absolute Gasteiger partial charge is 0.310 e. The molecule has 5 heterocycles. The van der Waals surface area contributed by atoms with Crippen LogP contribution in [0.2, 0.25) is 0 Å². The van der Waals surface area contributed by atoms with Crippen LogP contribution in [0.5, 0.6) is 0 Å². The summed E-state index contributed by atoms with van der Waals surface area (Å²) in [5, 5.41) is 10.5. The first-order valence-electron chi connectivity index (χ1n) is 21.7. The molecule has 4 aromatic heterocycles. The van der Waals surface area contributed by atoms with Crippen LogP contribution in [0.4, 0.5) is 21.5 Å². The fraction of sp³-hybridized carbons (Fsp3) is 0.0175. The highest BCUT2D eigenvalue weighted by Crippen LogP contribution is 2.46. The van der Waals surface area contributed by atoms with E-state index in [1.54, 1.807) is 0 Å². The van der Waals surface area contributed by atoms with Gasteiger partial charge in [-0.1, -0.05) is 146 Å². The highest BCUT2D eigenvalue weighted by molar-refractivity contribution is 7.21. The van der Waals surface area contributed by atoms with Gasteiger partial charge in [-0.25, -0.2) is 14.4 Å². The van der Waals surface area contributed by atoms with Crippen molar-refractivity contribution < 1.29 is 4.39 Å². The quantitative estimate of drug-likeness (QED) is 0.124. The minimum atomic E-state index is -2.96. The second-order valence-electron chi connectivity index (χ2n) is 16.6. The number of nitrogens with zero attached hydrogens (tertiary/aromatic N) is 5. The number of hydrogen-bond donors (Lipinski definition) is 0. The van der Waals surface area contributed by atoms with Gasteiger partial charge in [0.05, 0.1) is 16.7 Å². The summed E-state index contributed by atoms with van der Waals surface area (Å²) in [7, 11) is -2.96. The molecule has 1 atom stereocenters. The SMILES string of the molecule is FC(c1cccc(-n2c3ccc4c(c3c3cccnc32)N(c2ccccc2)c2ccccc2[Si]4(c2ccccc2)c2ccccc2)c1)c1ccc2c3ccccc3n3ccnc3c2c1. The Bertz CT molecular complexity index is 3730. The van der Waals surface area contributed by atoms with Crippen molar-refractivity contribution in [3.8, 4) is 5.69 Å². The Kier molecular flexibility index (Phi) is 8.10. The zero-order valence-electron chi connectivity index (χ0n) is 34.6. The summed E-state index contributed by atoms with van der Waals surface area (Å²) in [6, 6.07) is 73.0. The van der Waals surface area contributed by atoms with E-state index in [-0.39, 0.29) is 0 Å².